The van der Waals surface area contributed by atoms with E-state index in [9.17, 15) is 9.59 Å². The van der Waals surface area contributed by atoms with Crippen LogP contribution in [0.3, 0.4) is 0 Å². The Morgan fingerprint density at radius 1 is 1.23 bits per heavy atom. The van der Waals surface area contributed by atoms with Crippen LogP contribution in [0.5, 0.6) is 0 Å². The highest BCUT2D eigenvalue weighted by molar-refractivity contribution is 8.27. The number of hydrogen-bond donors (Lipinski definition) is 0. The SMILES string of the molecule is CSC(=S)N1CC(=O)C(=C2SC=CS2)C(=O)c2ccccc21. The number of hydrogen-bond acceptors (Lipinski definition) is 6. The summed E-state index contributed by atoms with van der Waals surface area (Å²) in [4.78, 5) is 27.3. The number of anilines is 1. The van der Waals surface area contributed by atoms with Crippen molar-refractivity contribution in [3.63, 3.8) is 0 Å². The number of para-hydroxylation sites is 1. The van der Waals surface area contributed by atoms with Gasteiger partial charge < -0.3 is 4.90 Å². The van der Waals surface area contributed by atoms with Crippen LogP contribution in [0.1, 0.15) is 10.4 Å². The van der Waals surface area contributed by atoms with E-state index in [2.05, 4.69) is 0 Å². The standard InChI is InChI=1S/C15H11NO2S4/c1-20-15(19)16-8-11(17)12(14-21-6-7-22-14)13(18)9-4-2-3-5-10(9)16/h2-7H,8H2,1H3. The molecule has 0 spiro atoms. The molecule has 0 radical (unpaired) electrons. The van der Waals surface area contributed by atoms with Crippen molar-refractivity contribution in [3.05, 3.63) is 50.5 Å². The molecule has 7 heteroatoms. The van der Waals surface area contributed by atoms with Gasteiger partial charge in [0.05, 0.1) is 22.0 Å². The van der Waals surface area contributed by atoms with Crippen LogP contribution in [0.2, 0.25) is 0 Å². The second-order valence-corrected chi connectivity index (χ2v) is 8.03. The predicted molar refractivity (Wildman–Crippen MR) is 101 cm³/mol. The molecule has 112 valence electrons. The van der Waals surface area contributed by atoms with Crippen LogP contribution in [-0.2, 0) is 4.79 Å². The van der Waals surface area contributed by atoms with Crippen LogP contribution in [0.4, 0.5) is 5.69 Å². The van der Waals surface area contributed by atoms with Gasteiger partial charge in [0, 0.05) is 5.56 Å². The summed E-state index contributed by atoms with van der Waals surface area (Å²) in [5.41, 5.74) is 1.51. The van der Waals surface area contributed by atoms with Crippen LogP contribution in [0.15, 0.2) is 44.9 Å². The molecule has 2 aliphatic rings. The van der Waals surface area contributed by atoms with Crippen molar-refractivity contribution >= 4 is 69.1 Å². The molecule has 2 aliphatic heterocycles. The number of thiocarbonyl (C=S) groups is 1. The zero-order chi connectivity index (χ0) is 15.7. The van der Waals surface area contributed by atoms with Crippen molar-refractivity contribution in [2.24, 2.45) is 0 Å². The molecule has 0 saturated heterocycles. The minimum atomic E-state index is -0.217. The molecule has 3 nitrogen and oxygen atoms in total. The highest BCUT2D eigenvalue weighted by Gasteiger charge is 2.34. The lowest BCUT2D eigenvalue weighted by Gasteiger charge is -2.22. The Hall–Kier alpha value is -1.02. The van der Waals surface area contributed by atoms with Crippen molar-refractivity contribution in [2.75, 3.05) is 17.7 Å². The zero-order valence-electron chi connectivity index (χ0n) is 11.6. The van der Waals surface area contributed by atoms with E-state index in [1.807, 2.05) is 35.3 Å². The molecule has 0 amide bonds. The minimum absolute atomic E-state index is 0.0996. The summed E-state index contributed by atoms with van der Waals surface area (Å²) in [5.74, 6) is -0.401. The molecule has 0 bridgehead atoms. The van der Waals surface area contributed by atoms with Crippen molar-refractivity contribution in [2.45, 2.75) is 0 Å². The maximum Gasteiger partial charge on any atom is 0.200 e. The third-order valence-electron chi connectivity index (χ3n) is 3.25. The van der Waals surface area contributed by atoms with E-state index in [0.29, 0.717) is 15.6 Å². The van der Waals surface area contributed by atoms with Crippen molar-refractivity contribution < 1.29 is 9.59 Å². The lowest BCUT2D eigenvalue weighted by molar-refractivity contribution is -0.113. The van der Waals surface area contributed by atoms with E-state index in [4.69, 9.17) is 12.2 Å². The summed E-state index contributed by atoms with van der Waals surface area (Å²) < 4.78 is 1.34. The topological polar surface area (TPSA) is 37.4 Å². The lowest BCUT2D eigenvalue weighted by Crippen LogP contribution is -2.32. The fourth-order valence-corrected chi connectivity index (χ4v) is 4.72. The van der Waals surface area contributed by atoms with Crippen molar-refractivity contribution in [3.8, 4) is 0 Å². The van der Waals surface area contributed by atoms with Gasteiger partial charge in [-0.15, -0.1) is 11.8 Å². The van der Waals surface area contributed by atoms with Gasteiger partial charge in [-0.2, -0.15) is 0 Å². The van der Waals surface area contributed by atoms with E-state index in [-0.39, 0.29) is 23.7 Å². The average Bonchev–Trinajstić information content (AvgIpc) is 3.02. The summed E-state index contributed by atoms with van der Waals surface area (Å²) in [6, 6.07) is 7.25. The Bertz CT molecular complexity index is 729. The molecule has 22 heavy (non-hydrogen) atoms. The van der Waals surface area contributed by atoms with Crippen LogP contribution in [0.25, 0.3) is 0 Å². The summed E-state index contributed by atoms with van der Waals surface area (Å²) in [7, 11) is 0. The third-order valence-corrected chi connectivity index (χ3v) is 6.67. The number of thioether (sulfide) groups is 3. The highest BCUT2D eigenvalue weighted by Crippen LogP contribution is 2.42. The second-order valence-electron chi connectivity index (χ2n) is 4.50. The Kier molecular flexibility index (Phi) is 4.77. The van der Waals surface area contributed by atoms with Crippen LogP contribution >= 0.6 is 47.5 Å². The second kappa shape index (κ2) is 6.62. The summed E-state index contributed by atoms with van der Waals surface area (Å²) in [6.07, 6.45) is 1.87. The number of fused-ring (bicyclic) bond motifs is 1. The molecular weight excluding hydrogens is 354 g/mol. The van der Waals surface area contributed by atoms with Gasteiger partial charge in [-0.25, -0.2) is 0 Å². The quantitative estimate of drug-likeness (QED) is 0.390. The number of benzene rings is 1. The Balaban J connectivity index is 2.17. The predicted octanol–water partition coefficient (Wildman–Crippen LogP) is 4.07. The number of rotatable bonds is 0. The van der Waals surface area contributed by atoms with Gasteiger partial charge in [0.2, 0.25) is 0 Å². The van der Waals surface area contributed by atoms with E-state index >= 15 is 0 Å². The molecule has 0 unspecified atom stereocenters. The van der Waals surface area contributed by atoms with Gasteiger partial charge in [-0.3, -0.25) is 9.59 Å². The Labute approximate surface area is 146 Å². The van der Waals surface area contributed by atoms with E-state index in [1.54, 1.807) is 11.0 Å². The Morgan fingerprint density at radius 2 is 1.91 bits per heavy atom. The largest absolute Gasteiger partial charge is 0.319 e. The first-order valence-corrected chi connectivity index (χ1v) is 9.77. The molecular formula is C15H11NO2S4. The molecule has 1 aromatic rings. The summed E-state index contributed by atoms with van der Waals surface area (Å²) >= 11 is 9.60. The van der Waals surface area contributed by atoms with Gasteiger partial charge in [-0.1, -0.05) is 47.9 Å². The van der Waals surface area contributed by atoms with Gasteiger partial charge >= 0.3 is 0 Å². The van der Waals surface area contributed by atoms with Crippen molar-refractivity contribution in [1.82, 2.24) is 0 Å². The molecule has 3 rings (SSSR count). The molecule has 0 aromatic heterocycles. The molecule has 0 saturated carbocycles. The average molecular weight is 366 g/mol. The van der Waals surface area contributed by atoms with Gasteiger partial charge in [0.15, 0.2) is 11.6 Å². The molecule has 0 N–H and O–H groups in total. The fourth-order valence-electron chi connectivity index (χ4n) is 2.27. The Morgan fingerprint density at radius 3 is 2.59 bits per heavy atom. The van der Waals surface area contributed by atoms with Crippen LogP contribution in [-0.4, -0.2) is 28.7 Å². The summed E-state index contributed by atoms with van der Waals surface area (Å²) in [5, 5.41) is 3.77. The van der Waals surface area contributed by atoms with Gasteiger partial charge in [-0.05, 0) is 29.2 Å². The van der Waals surface area contributed by atoms with Crippen LogP contribution in [0, 0.1) is 0 Å². The fraction of sp³-hybridized carbons (Fsp3) is 0.133. The first-order valence-electron chi connectivity index (χ1n) is 6.38. The number of nitrogens with zero attached hydrogens (tertiary/aromatic N) is 1. The van der Waals surface area contributed by atoms with E-state index < -0.39 is 0 Å². The smallest absolute Gasteiger partial charge is 0.200 e. The number of Topliss-reactive ketones (excluding diaryl/α,β-unsaturated/α-hetero) is 2. The summed E-state index contributed by atoms with van der Waals surface area (Å²) in [6.45, 7) is 0.0996. The number of carbonyl (C=O) groups excluding carboxylic acids is 2. The first kappa shape index (κ1) is 15.9. The van der Waals surface area contributed by atoms with E-state index in [0.717, 1.165) is 4.24 Å². The molecule has 0 atom stereocenters. The normalized spacial score (nSPS) is 17.8. The van der Waals surface area contributed by atoms with Crippen molar-refractivity contribution in [1.29, 1.82) is 0 Å². The molecule has 0 aliphatic carbocycles. The monoisotopic (exact) mass is 365 g/mol. The minimum Gasteiger partial charge on any atom is -0.319 e. The zero-order valence-corrected chi connectivity index (χ0v) is 14.8. The van der Waals surface area contributed by atoms with E-state index in [1.165, 1.54) is 35.3 Å². The first-order chi connectivity index (χ1) is 10.6. The third kappa shape index (κ3) is 2.78. The lowest BCUT2D eigenvalue weighted by atomic mass is 10.0. The molecule has 2 heterocycles. The van der Waals surface area contributed by atoms with Gasteiger partial charge in [0.1, 0.15) is 4.32 Å². The highest BCUT2D eigenvalue weighted by atomic mass is 32.2. The maximum absolute atomic E-state index is 12.9. The maximum atomic E-state index is 12.9. The van der Waals surface area contributed by atoms with Gasteiger partial charge in [0.25, 0.3) is 0 Å². The number of carbonyl (C=O) groups is 2. The molecule has 0 fully saturated rings. The number of ketones is 2. The molecule has 1 aromatic carbocycles. The van der Waals surface area contributed by atoms with Crippen LogP contribution < -0.4 is 4.90 Å².